The number of aliphatic hydroxyl groups excluding tert-OH is 1. The second-order valence-corrected chi connectivity index (χ2v) is 14.6. The normalized spacial score (nSPS) is 16.7. The van der Waals surface area contributed by atoms with E-state index in [1.165, 1.54) is 95.5 Å². The van der Waals surface area contributed by atoms with Crippen LogP contribution in [0.1, 0.15) is 99.8 Å². The SMILES string of the molecule is C=C(C)CC(COC(=O)C(=C)CO)CC1CCC(c2ccc3cc(CCc4ccc(-c5ccc(CCCCC)cc5)cc4)ccc3c2)CC1. The summed E-state index contributed by atoms with van der Waals surface area (Å²) in [5.74, 6) is 0.983. The smallest absolute Gasteiger partial charge is 0.335 e. The third kappa shape index (κ3) is 10.8. The maximum Gasteiger partial charge on any atom is 0.335 e. The Morgan fingerprint density at radius 2 is 1.37 bits per heavy atom. The van der Waals surface area contributed by atoms with Crippen LogP contribution in [0.25, 0.3) is 21.9 Å². The number of aryl methyl sites for hydroxylation is 3. The molecule has 1 unspecified atom stereocenters. The summed E-state index contributed by atoms with van der Waals surface area (Å²) in [5, 5.41) is 11.8. The fourth-order valence-electron chi connectivity index (χ4n) is 7.58. The van der Waals surface area contributed by atoms with E-state index in [-0.39, 0.29) is 18.1 Å². The van der Waals surface area contributed by atoms with Gasteiger partial charge in [-0.3, -0.25) is 0 Å². The third-order valence-corrected chi connectivity index (χ3v) is 10.5. The zero-order valence-corrected chi connectivity index (χ0v) is 29.9. The molecule has 1 aliphatic carbocycles. The maximum atomic E-state index is 12.0. The van der Waals surface area contributed by atoms with Gasteiger partial charge < -0.3 is 9.84 Å². The lowest BCUT2D eigenvalue weighted by Gasteiger charge is -2.31. The molecule has 0 heterocycles. The second kappa shape index (κ2) is 18.2. The Kier molecular flexibility index (Phi) is 13.5. The molecule has 0 radical (unpaired) electrons. The Morgan fingerprint density at radius 3 is 2.00 bits per heavy atom. The quantitative estimate of drug-likeness (QED) is 0.0532. The van der Waals surface area contributed by atoms with Gasteiger partial charge >= 0.3 is 5.97 Å². The second-order valence-electron chi connectivity index (χ2n) is 14.6. The largest absolute Gasteiger partial charge is 0.462 e. The Morgan fingerprint density at radius 1 is 0.776 bits per heavy atom. The first-order valence-corrected chi connectivity index (χ1v) is 18.6. The molecule has 1 atom stereocenters. The number of unbranched alkanes of at least 4 members (excludes halogenated alkanes) is 2. The zero-order valence-electron chi connectivity index (χ0n) is 29.9. The van der Waals surface area contributed by atoms with Crippen molar-refractivity contribution >= 4 is 16.7 Å². The van der Waals surface area contributed by atoms with Crippen LogP contribution < -0.4 is 0 Å². The number of ether oxygens (including phenoxy) is 1. The maximum absolute atomic E-state index is 12.0. The van der Waals surface area contributed by atoms with Crippen molar-refractivity contribution < 1.29 is 14.6 Å². The molecule has 3 nitrogen and oxygen atoms in total. The standard InChI is InChI=1S/C46H56O3/c1-5-6-7-8-35-11-18-40(19-12-35)41-20-13-36(14-21-41)9-10-38-17-24-45-30-44(26-25-43(45)29-38)42-22-15-37(16-23-42)28-39(27-33(2)3)32-49-46(48)34(4)31-47/h11-14,17-21,24-26,29-30,37,39,42,47H,2,4-10,15-16,22-23,27-28,31-32H2,1,3H3. The number of aliphatic hydroxyl groups is 1. The van der Waals surface area contributed by atoms with E-state index in [0.717, 1.165) is 31.3 Å². The van der Waals surface area contributed by atoms with E-state index in [9.17, 15) is 9.90 Å². The summed E-state index contributed by atoms with van der Waals surface area (Å²) in [5.41, 5.74) is 9.47. The predicted molar refractivity (Wildman–Crippen MR) is 206 cm³/mol. The van der Waals surface area contributed by atoms with Gasteiger partial charge in [0.2, 0.25) is 0 Å². The molecular formula is C46H56O3. The van der Waals surface area contributed by atoms with E-state index in [1.54, 1.807) is 0 Å². The lowest BCUT2D eigenvalue weighted by Crippen LogP contribution is -2.21. The highest BCUT2D eigenvalue weighted by molar-refractivity contribution is 5.88. The van der Waals surface area contributed by atoms with Gasteiger partial charge in [-0.05, 0) is 133 Å². The van der Waals surface area contributed by atoms with Crippen molar-refractivity contribution in [2.45, 2.75) is 96.8 Å². The minimum Gasteiger partial charge on any atom is -0.462 e. The van der Waals surface area contributed by atoms with Gasteiger partial charge in [-0.2, -0.15) is 0 Å². The van der Waals surface area contributed by atoms with E-state index < -0.39 is 5.97 Å². The van der Waals surface area contributed by atoms with Crippen molar-refractivity contribution in [1.82, 2.24) is 0 Å². The van der Waals surface area contributed by atoms with Crippen molar-refractivity contribution in [2.75, 3.05) is 13.2 Å². The van der Waals surface area contributed by atoms with Crippen LogP contribution in [-0.2, 0) is 28.8 Å². The average molecular weight is 657 g/mol. The first-order valence-electron chi connectivity index (χ1n) is 18.6. The number of carbonyl (C=O) groups is 1. The minimum absolute atomic E-state index is 0.109. The van der Waals surface area contributed by atoms with E-state index in [1.807, 2.05) is 6.92 Å². The van der Waals surface area contributed by atoms with Crippen LogP contribution in [0, 0.1) is 11.8 Å². The van der Waals surface area contributed by atoms with Crippen LogP contribution in [-0.4, -0.2) is 24.3 Å². The van der Waals surface area contributed by atoms with Crippen molar-refractivity contribution in [3.63, 3.8) is 0 Å². The molecular weight excluding hydrogens is 601 g/mol. The van der Waals surface area contributed by atoms with Crippen molar-refractivity contribution in [2.24, 2.45) is 11.8 Å². The van der Waals surface area contributed by atoms with E-state index in [4.69, 9.17) is 4.74 Å². The molecule has 1 fully saturated rings. The molecule has 1 aliphatic rings. The number of esters is 1. The molecule has 1 saturated carbocycles. The highest BCUT2D eigenvalue weighted by Gasteiger charge is 2.26. The summed E-state index contributed by atoms with van der Waals surface area (Å²) in [6.45, 7) is 12.0. The summed E-state index contributed by atoms with van der Waals surface area (Å²) in [6, 6.07) is 32.3. The van der Waals surface area contributed by atoms with Crippen LogP contribution in [0.2, 0.25) is 0 Å². The Balaban J connectivity index is 1.10. The Hall–Kier alpha value is -3.95. The fraction of sp³-hybridized carbons (Fsp3) is 0.413. The molecule has 0 bridgehead atoms. The van der Waals surface area contributed by atoms with Crippen LogP contribution in [0.3, 0.4) is 0 Å². The molecule has 4 aromatic rings. The number of hydrogen-bond donors (Lipinski definition) is 1. The van der Waals surface area contributed by atoms with Gasteiger partial charge in [0.1, 0.15) is 0 Å². The molecule has 0 aromatic heterocycles. The molecule has 49 heavy (non-hydrogen) atoms. The Labute approximate surface area is 295 Å². The van der Waals surface area contributed by atoms with Crippen LogP contribution in [0.5, 0.6) is 0 Å². The van der Waals surface area contributed by atoms with Gasteiger partial charge in [0, 0.05) is 0 Å². The summed E-state index contributed by atoms with van der Waals surface area (Å²) in [4.78, 5) is 12.0. The first-order chi connectivity index (χ1) is 23.8. The topological polar surface area (TPSA) is 46.5 Å². The molecule has 5 rings (SSSR count). The lowest BCUT2D eigenvalue weighted by molar-refractivity contribution is -0.141. The van der Waals surface area contributed by atoms with Crippen LogP contribution in [0.15, 0.2) is 109 Å². The molecule has 0 spiro atoms. The molecule has 3 heteroatoms. The summed E-state index contributed by atoms with van der Waals surface area (Å²) in [6.07, 6.45) is 13.8. The van der Waals surface area contributed by atoms with Gasteiger partial charge in [0.15, 0.2) is 0 Å². The van der Waals surface area contributed by atoms with Gasteiger partial charge in [-0.15, -0.1) is 6.58 Å². The monoisotopic (exact) mass is 656 g/mol. The lowest BCUT2D eigenvalue weighted by atomic mass is 9.75. The molecule has 0 amide bonds. The summed E-state index contributed by atoms with van der Waals surface area (Å²) in [7, 11) is 0. The van der Waals surface area contributed by atoms with Crippen molar-refractivity contribution in [1.29, 1.82) is 0 Å². The Bertz CT molecular complexity index is 1670. The predicted octanol–water partition coefficient (Wildman–Crippen LogP) is 11.4. The average Bonchev–Trinajstić information content (AvgIpc) is 3.13. The number of carbonyl (C=O) groups excluding carboxylic acids is 1. The third-order valence-electron chi connectivity index (χ3n) is 10.5. The van der Waals surface area contributed by atoms with Gasteiger partial charge in [0.25, 0.3) is 0 Å². The van der Waals surface area contributed by atoms with E-state index in [0.29, 0.717) is 18.4 Å². The first kappa shape index (κ1) is 36.3. The zero-order chi connectivity index (χ0) is 34.6. The van der Waals surface area contributed by atoms with Crippen LogP contribution >= 0.6 is 0 Å². The highest BCUT2D eigenvalue weighted by Crippen LogP contribution is 2.40. The summed E-state index contributed by atoms with van der Waals surface area (Å²) >= 11 is 0. The van der Waals surface area contributed by atoms with Gasteiger partial charge in [0.05, 0.1) is 18.8 Å². The number of fused-ring (bicyclic) bond motifs is 1. The van der Waals surface area contributed by atoms with Crippen LogP contribution in [0.4, 0.5) is 0 Å². The molecule has 1 N–H and O–H groups in total. The molecule has 258 valence electrons. The molecule has 0 saturated heterocycles. The van der Waals surface area contributed by atoms with Crippen molar-refractivity contribution in [3.05, 3.63) is 131 Å². The number of hydrogen-bond acceptors (Lipinski definition) is 3. The molecule has 0 aliphatic heterocycles. The van der Waals surface area contributed by atoms with E-state index in [2.05, 4.69) is 105 Å². The van der Waals surface area contributed by atoms with Gasteiger partial charge in [-0.1, -0.05) is 117 Å². The number of allylic oxidation sites excluding steroid dienone is 1. The number of rotatable bonds is 17. The van der Waals surface area contributed by atoms with Crippen molar-refractivity contribution in [3.8, 4) is 11.1 Å². The molecule has 4 aromatic carbocycles. The summed E-state index contributed by atoms with van der Waals surface area (Å²) < 4.78 is 5.47. The van der Waals surface area contributed by atoms with E-state index >= 15 is 0 Å². The minimum atomic E-state index is -0.499. The highest BCUT2D eigenvalue weighted by atomic mass is 16.5. The van der Waals surface area contributed by atoms with Gasteiger partial charge in [-0.25, -0.2) is 4.79 Å². The fourth-order valence-corrected chi connectivity index (χ4v) is 7.58. The number of benzene rings is 4.